The fourth-order valence-electron chi connectivity index (χ4n) is 2.62. The molecular formula is C19H32N4O2. The molecule has 0 aliphatic heterocycles. The van der Waals surface area contributed by atoms with Crippen LogP contribution < -0.4 is 10.2 Å². The summed E-state index contributed by atoms with van der Waals surface area (Å²) >= 11 is 0. The van der Waals surface area contributed by atoms with E-state index in [1.54, 1.807) is 12.3 Å². The second-order valence-corrected chi connectivity index (χ2v) is 7.40. The van der Waals surface area contributed by atoms with Crippen LogP contribution in [0, 0.1) is 0 Å². The molecule has 1 rings (SSSR count). The average molecular weight is 348 g/mol. The molecule has 0 unspecified atom stereocenters. The number of hydrogen-bond donors (Lipinski definition) is 1. The molecule has 2 amide bonds. The highest BCUT2D eigenvalue weighted by Crippen LogP contribution is 2.15. The number of pyridine rings is 1. The number of aromatic nitrogens is 1. The first-order valence-electron chi connectivity index (χ1n) is 8.92. The highest BCUT2D eigenvalue weighted by atomic mass is 16.2. The van der Waals surface area contributed by atoms with Crippen LogP contribution in [0.3, 0.4) is 0 Å². The molecule has 1 heterocycles. The van der Waals surface area contributed by atoms with E-state index in [4.69, 9.17) is 0 Å². The van der Waals surface area contributed by atoms with Gasteiger partial charge in [0.25, 0.3) is 5.91 Å². The summed E-state index contributed by atoms with van der Waals surface area (Å²) in [5.41, 5.74) is 0.178. The molecule has 0 saturated carbocycles. The molecule has 0 aromatic carbocycles. The van der Waals surface area contributed by atoms with Crippen molar-refractivity contribution in [2.45, 2.75) is 60.0 Å². The first-order chi connectivity index (χ1) is 11.6. The minimum absolute atomic E-state index is 0.0431. The number of likely N-dealkylation sites (N-methyl/N-ethyl adjacent to an activating group) is 1. The summed E-state index contributed by atoms with van der Waals surface area (Å²) in [5.74, 6) is 0.505. The lowest BCUT2D eigenvalue weighted by molar-refractivity contribution is -0.123. The Morgan fingerprint density at radius 1 is 1.16 bits per heavy atom. The number of hydrogen-bond acceptors (Lipinski definition) is 4. The van der Waals surface area contributed by atoms with Crippen LogP contribution in [0.25, 0.3) is 0 Å². The van der Waals surface area contributed by atoms with E-state index >= 15 is 0 Å². The van der Waals surface area contributed by atoms with Crippen LogP contribution in [0.5, 0.6) is 0 Å². The zero-order valence-corrected chi connectivity index (χ0v) is 16.6. The van der Waals surface area contributed by atoms with Gasteiger partial charge in [-0.1, -0.05) is 0 Å². The molecule has 0 aliphatic rings. The summed E-state index contributed by atoms with van der Waals surface area (Å²) in [6, 6.07) is 3.98. The van der Waals surface area contributed by atoms with Crippen molar-refractivity contribution in [3.8, 4) is 0 Å². The monoisotopic (exact) mass is 348 g/mol. The lowest BCUT2D eigenvalue weighted by Crippen LogP contribution is -2.47. The summed E-state index contributed by atoms with van der Waals surface area (Å²) < 4.78 is 0. The Labute approximate surface area is 151 Å². The number of anilines is 1. The van der Waals surface area contributed by atoms with Crippen molar-refractivity contribution in [3.63, 3.8) is 0 Å². The molecule has 0 aliphatic carbocycles. The Bertz CT molecular complexity index is 576. The van der Waals surface area contributed by atoms with Gasteiger partial charge in [-0.3, -0.25) is 9.59 Å². The molecule has 6 nitrogen and oxygen atoms in total. The number of rotatable bonds is 7. The molecule has 0 radical (unpaired) electrons. The van der Waals surface area contributed by atoms with Crippen molar-refractivity contribution < 1.29 is 9.59 Å². The molecule has 1 aromatic rings. The Kier molecular flexibility index (Phi) is 7.39. The predicted molar refractivity (Wildman–Crippen MR) is 102 cm³/mol. The lowest BCUT2D eigenvalue weighted by atomic mass is 10.1. The van der Waals surface area contributed by atoms with Gasteiger partial charge in [0.15, 0.2) is 0 Å². The van der Waals surface area contributed by atoms with E-state index in [2.05, 4.69) is 36.0 Å². The number of amides is 2. The molecule has 25 heavy (non-hydrogen) atoms. The third-order valence-corrected chi connectivity index (χ3v) is 3.77. The quantitative estimate of drug-likeness (QED) is 0.823. The van der Waals surface area contributed by atoms with Crippen LogP contribution in [0.1, 0.15) is 58.8 Å². The maximum absolute atomic E-state index is 12.7. The maximum Gasteiger partial charge on any atom is 0.255 e. The molecule has 0 saturated heterocycles. The second kappa shape index (κ2) is 8.83. The number of carbonyl (C=O) groups is 2. The highest BCUT2D eigenvalue weighted by Gasteiger charge is 2.21. The molecule has 1 aromatic heterocycles. The summed E-state index contributed by atoms with van der Waals surface area (Å²) in [5, 5.41) is 2.88. The molecule has 0 spiro atoms. The normalized spacial score (nSPS) is 11.4. The summed E-state index contributed by atoms with van der Waals surface area (Å²) in [6.07, 6.45) is 1.59. The predicted octanol–water partition coefficient (Wildman–Crippen LogP) is 2.69. The van der Waals surface area contributed by atoms with E-state index in [0.29, 0.717) is 18.2 Å². The largest absolute Gasteiger partial charge is 0.354 e. The third-order valence-electron chi connectivity index (χ3n) is 3.77. The average Bonchev–Trinajstić information content (AvgIpc) is 2.51. The Morgan fingerprint density at radius 3 is 2.20 bits per heavy atom. The molecule has 0 atom stereocenters. The van der Waals surface area contributed by atoms with Gasteiger partial charge < -0.3 is 15.1 Å². The fraction of sp³-hybridized carbons (Fsp3) is 0.632. The van der Waals surface area contributed by atoms with Gasteiger partial charge in [0, 0.05) is 30.9 Å². The van der Waals surface area contributed by atoms with Crippen LogP contribution in [-0.4, -0.2) is 52.9 Å². The fourth-order valence-corrected chi connectivity index (χ4v) is 2.62. The van der Waals surface area contributed by atoms with Gasteiger partial charge in [0.1, 0.15) is 5.82 Å². The third kappa shape index (κ3) is 6.36. The summed E-state index contributed by atoms with van der Waals surface area (Å²) in [4.78, 5) is 32.9. The molecule has 0 fully saturated rings. The Hall–Kier alpha value is -2.11. The van der Waals surface area contributed by atoms with E-state index in [9.17, 15) is 9.59 Å². The first-order valence-corrected chi connectivity index (χ1v) is 8.92. The van der Waals surface area contributed by atoms with Gasteiger partial charge >= 0.3 is 0 Å². The van der Waals surface area contributed by atoms with Crippen LogP contribution in [0.15, 0.2) is 18.3 Å². The molecule has 140 valence electrons. The van der Waals surface area contributed by atoms with Gasteiger partial charge in [0.05, 0.1) is 12.1 Å². The van der Waals surface area contributed by atoms with E-state index in [1.165, 1.54) is 4.90 Å². The molecular weight excluding hydrogens is 316 g/mol. The van der Waals surface area contributed by atoms with E-state index in [0.717, 1.165) is 12.4 Å². The number of nitrogens with zero attached hydrogens (tertiary/aromatic N) is 3. The van der Waals surface area contributed by atoms with Gasteiger partial charge in [-0.15, -0.1) is 0 Å². The van der Waals surface area contributed by atoms with Crippen molar-refractivity contribution in [2.75, 3.05) is 24.5 Å². The van der Waals surface area contributed by atoms with Crippen molar-refractivity contribution in [3.05, 3.63) is 23.9 Å². The minimum atomic E-state index is -0.316. The van der Waals surface area contributed by atoms with E-state index in [-0.39, 0.29) is 23.9 Å². The van der Waals surface area contributed by atoms with Crippen molar-refractivity contribution in [2.24, 2.45) is 0 Å². The van der Waals surface area contributed by atoms with Crippen molar-refractivity contribution in [1.29, 1.82) is 0 Å². The van der Waals surface area contributed by atoms with E-state index < -0.39 is 0 Å². The summed E-state index contributed by atoms with van der Waals surface area (Å²) in [7, 11) is 0. The maximum atomic E-state index is 12.7. The molecule has 1 N–H and O–H groups in total. The number of nitrogens with one attached hydrogen (secondary N) is 1. The molecule has 6 heteroatoms. The zero-order valence-electron chi connectivity index (χ0n) is 16.6. The second-order valence-electron chi connectivity index (χ2n) is 7.40. The van der Waals surface area contributed by atoms with Gasteiger partial charge in [0.2, 0.25) is 5.91 Å². The van der Waals surface area contributed by atoms with Gasteiger partial charge in [-0.2, -0.15) is 0 Å². The number of carbonyl (C=O) groups excluding carboxylic acids is 2. The van der Waals surface area contributed by atoms with Crippen LogP contribution in [0.4, 0.5) is 5.82 Å². The standard InChI is InChI=1S/C19H32N4O2/c1-8-22(13-17(24)21-19(5,6)7)18(25)15-10-11-16(20-12-15)23(9-2)14(3)4/h10-12,14H,8-9,13H2,1-7H3,(H,21,24). The first kappa shape index (κ1) is 20.9. The Balaban J connectivity index is 2.84. The van der Waals surface area contributed by atoms with Crippen LogP contribution in [-0.2, 0) is 4.79 Å². The SMILES string of the molecule is CCN(CC(=O)NC(C)(C)C)C(=O)c1ccc(N(CC)C(C)C)nc1. The topological polar surface area (TPSA) is 65.5 Å². The van der Waals surface area contributed by atoms with Crippen molar-refractivity contribution >= 4 is 17.6 Å². The van der Waals surface area contributed by atoms with Crippen LogP contribution in [0.2, 0.25) is 0 Å². The smallest absolute Gasteiger partial charge is 0.255 e. The summed E-state index contributed by atoms with van der Waals surface area (Å²) in [6.45, 7) is 15.3. The minimum Gasteiger partial charge on any atom is -0.354 e. The van der Waals surface area contributed by atoms with Crippen LogP contribution >= 0.6 is 0 Å². The van der Waals surface area contributed by atoms with Gasteiger partial charge in [-0.25, -0.2) is 4.98 Å². The van der Waals surface area contributed by atoms with Gasteiger partial charge in [-0.05, 0) is 60.6 Å². The highest BCUT2D eigenvalue weighted by molar-refractivity contribution is 5.96. The Morgan fingerprint density at radius 2 is 1.80 bits per heavy atom. The molecule has 0 bridgehead atoms. The zero-order chi connectivity index (χ0) is 19.2. The van der Waals surface area contributed by atoms with E-state index in [1.807, 2.05) is 33.8 Å². The lowest BCUT2D eigenvalue weighted by Gasteiger charge is -2.27. The van der Waals surface area contributed by atoms with Crippen molar-refractivity contribution in [1.82, 2.24) is 15.2 Å².